The third-order valence-corrected chi connectivity index (χ3v) is 5.07. The highest BCUT2D eigenvalue weighted by atomic mass is 16.5. The Morgan fingerprint density at radius 3 is 2.26 bits per heavy atom. The highest BCUT2D eigenvalue weighted by Gasteiger charge is 2.39. The third-order valence-electron chi connectivity index (χ3n) is 5.07. The van der Waals surface area contributed by atoms with Crippen molar-refractivity contribution in [2.45, 2.75) is 58.5 Å². The molecule has 0 bridgehead atoms. The Bertz CT molecular complexity index is 682. The lowest BCUT2D eigenvalue weighted by atomic mass is 10.00. The van der Waals surface area contributed by atoms with Crippen LogP contribution in [0.2, 0.25) is 0 Å². The molecule has 0 saturated carbocycles. The van der Waals surface area contributed by atoms with Gasteiger partial charge in [0.25, 0.3) is 5.91 Å². The van der Waals surface area contributed by atoms with Crippen molar-refractivity contribution in [2.24, 2.45) is 5.92 Å². The van der Waals surface area contributed by atoms with Gasteiger partial charge in [-0.25, -0.2) is 4.79 Å². The number of nitrogens with one attached hydrogen (secondary N) is 1. The Kier molecular flexibility index (Phi) is 6.99. The number of carbonyl (C=O) groups is 3. The van der Waals surface area contributed by atoms with E-state index in [1.165, 1.54) is 7.11 Å². The number of carbonyl (C=O) groups excluding carboxylic acids is 3. The molecule has 1 heterocycles. The average Bonchev–Trinajstić information content (AvgIpc) is 3.14. The number of benzene rings is 1. The lowest BCUT2D eigenvalue weighted by Crippen LogP contribution is -2.53. The first-order chi connectivity index (χ1) is 12.8. The summed E-state index contributed by atoms with van der Waals surface area (Å²) in [6.45, 7) is 8.45. The summed E-state index contributed by atoms with van der Waals surface area (Å²) in [6.07, 6.45) is 1.34. The molecule has 1 N–H and O–H groups in total. The number of ether oxygens (including phenoxy) is 1. The summed E-state index contributed by atoms with van der Waals surface area (Å²) < 4.78 is 4.82. The van der Waals surface area contributed by atoms with Crippen LogP contribution in [-0.4, -0.2) is 48.4 Å². The highest BCUT2D eigenvalue weighted by Crippen LogP contribution is 2.21. The molecule has 6 nitrogen and oxygen atoms in total. The molecule has 2 amide bonds. The number of hydrogen-bond acceptors (Lipinski definition) is 4. The van der Waals surface area contributed by atoms with E-state index in [1.54, 1.807) is 17.0 Å². The number of hydrogen-bond donors (Lipinski definition) is 1. The Morgan fingerprint density at radius 1 is 1.11 bits per heavy atom. The van der Waals surface area contributed by atoms with Gasteiger partial charge in [0, 0.05) is 12.1 Å². The SMILES string of the molecule is COC(=O)[C@@H]1CCCN1C(=O)C(NC(=O)c1ccc(C(C)C)cc1)C(C)C. The molecule has 1 aromatic rings. The molecule has 0 radical (unpaired) electrons. The van der Waals surface area contributed by atoms with Gasteiger partial charge < -0.3 is 15.0 Å². The average molecular weight is 374 g/mol. The molecule has 1 fully saturated rings. The van der Waals surface area contributed by atoms with E-state index in [0.717, 1.165) is 12.0 Å². The van der Waals surface area contributed by atoms with E-state index >= 15 is 0 Å². The van der Waals surface area contributed by atoms with Crippen molar-refractivity contribution in [1.29, 1.82) is 0 Å². The van der Waals surface area contributed by atoms with Crippen LogP contribution in [0.3, 0.4) is 0 Å². The standard InChI is InChI=1S/C21H30N2O4/c1-13(2)15-8-10-16(11-9-15)19(24)22-18(14(3)4)20(25)23-12-6-7-17(23)21(26)27-5/h8-11,13-14,17-18H,6-7,12H2,1-5H3,(H,22,24)/t17-,18?/m0/s1. The third kappa shape index (κ3) is 4.87. The van der Waals surface area contributed by atoms with E-state index in [1.807, 2.05) is 26.0 Å². The lowest BCUT2D eigenvalue weighted by Gasteiger charge is -2.30. The molecule has 148 valence electrons. The fraction of sp³-hybridized carbons (Fsp3) is 0.571. The van der Waals surface area contributed by atoms with Crippen molar-refractivity contribution < 1.29 is 19.1 Å². The first kappa shape index (κ1) is 20.9. The van der Waals surface area contributed by atoms with Gasteiger partial charge in [-0.3, -0.25) is 9.59 Å². The fourth-order valence-electron chi connectivity index (χ4n) is 3.35. The smallest absolute Gasteiger partial charge is 0.328 e. The van der Waals surface area contributed by atoms with E-state index < -0.39 is 18.1 Å². The molecular weight excluding hydrogens is 344 g/mol. The molecule has 1 aliphatic heterocycles. The summed E-state index contributed by atoms with van der Waals surface area (Å²) >= 11 is 0. The van der Waals surface area contributed by atoms with Gasteiger partial charge in [-0.05, 0) is 42.4 Å². The molecule has 1 aromatic carbocycles. The Morgan fingerprint density at radius 2 is 1.74 bits per heavy atom. The van der Waals surface area contributed by atoms with Crippen molar-refractivity contribution >= 4 is 17.8 Å². The first-order valence-electron chi connectivity index (χ1n) is 9.55. The van der Waals surface area contributed by atoms with Gasteiger partial charge in [0.1, 0.15) is 12.1 Å². The van der Waals surface area contributed by atoms with Gasteiger partial charge in [-0.2, -0.15) is 0 Å². The molecule has 6 heteroatoms. The van der Waals surface area contributed by atoms with Gasteiger partial charge in [0.15, 0.2) is 0 Å². The molecule has 0 spiro atoms. The Labute approximate surface area is 161 Å². The second-order valence-electron chi connectivity index (χ2n) is 7.68. The van der Waals surface area contributed by atoms with E-state index in [0.29, 0.717) is 24.4 Å². The van der Waals surface area contributed by atoms with Crippen LogP contribution in [-0.2, 0) is 14.3 Å². The summed E-state index contributed by atoms with van der Waals surface area (Å²) in [6, 6.07) is 6.16. The van der Waals surface area contributed by atoms with Crippen LogP contribution in [0.1, 0.15) is 62.4 Å². The number of nitrogens with zero attached hydrogens (tertiary/aromatic N) is 1. The lowest BCUT2D eigenvalue weighted by molar-refractivity contribution is -0.151. The Balaban J connectivity index is 2.13. The van der Waals surface area contributed by atoms with Crippen LogP contribution < -0.4 is 5.32 Å². The van der Waals surface area contributed by atoms with E-state index in [-0.39, 0.29) is 17.7 Å². The van der Waals surface area contributed by atoms with E-state index in [2.05, 4.69) is 19.2 Å². The van der Waals surface area contributed by atoms with Gasteiger partial charge in [0.2, 0.25) is 5.91 Å². The molecule has 1 unspecified atom stereocenters. The second-order valence-corrected chi connectivity index (χ2v) is 7.68. The fourth-order valence-corrected chi connectivity index (χ4v) is 3.35. The minimum atomic E-state index is -0.687. The quantitative estimate of drug-likeness (QED) is 0.777. The van der Waals surface area contributed by atoms with Crippen molar-refractivity contribution in [3.05, 3.63) is 35.4 Å². The monoisotopic (exact) mass is 374 g/mol. The topological polar surface area (TPSA) is 75.7 Å². The molecule has 1 saturated heterocycles. The van der Waals surface area contributed by atoms with Crippen LogP contribution in [0.25, 0.3) is 0 Å². The number of esters is 1. The van der Waals surface area contributed by atoms with Crippen molar-refractivity contribution in [2.75, 3.05) is 13.7 Å². The molecule has 1 aliphatic rings. The van der Waals surface area contributed by atoms with E-state index in [9.17, 15) is 14.4 Å². The molecule has 2 rings (SSSR count). The predicted octanol–water partition coefficient (Wildman–Crippen LogP) is 2.73. The zero-order valence-electron chi connectivity index (χ0n) is 16.8. The largest absolute Gasteiger partial charge is 0.467 e. The number of methoxy groups -OCH3 is 1. The van der Waals surface area contributed by atoms with Crippen molar-refractivity contribution in [3.8, 4) is 0 Å². The van der Waals surface area contributed by atoms with Crippen molar-refractivity contribution in [1.82, 2.24) is 10.2 Å². The molecule has 27 heavy (non-hydrogen) atoms. The molecule has 0 aliphatic carbocycles. The molecule has 0 aromatic heterocycles. The van der Waals surface area contributed by atoms with Gasteiger partial charge >= 0.3 is 5.97 Å². The predicted molar refractivity (Wildman–Crippen MR) is 103 cm³/mol. The zero-order chi connectivity index (χ0) is 20.1. The van der Waals surface area contributed by atoms with Crippen LogP contribution in [0.15, 0.2) is 24.3 Å². The summed E-state index contributed by atoms with van der Waals surface area (Å²) in [5, 5.41) is 2.85. The van der Waals surface area contributed by atoms with Crippen LogP contribution in [0, 0.1) is 5.92 Å². The maximum absolute atomic E-state index is 13.0. The van der Waals surface area contributed by atoms with Crippen molar-refractivity contribution in [3.63, 3.8) is 0 Å². The number of amides is 2. The second kappa shape index (κ2) is 9.02. The summed E-state index contributed by atoms with van der Waals surface area (Å²) in [5.74, 6) is -0.636. The van der Waals surface area contributed by atoms with E-state index in [4.69, 9.17) is 4.74 Å². The van der Waals surface area contributed by atoms with Crippen LogP contribution in [0.5, 0.6) is 0 Å². The minimum Gasteiger partial charge on any atom is -0.467 e. The number of rotatable bonds is 6. The number of likely N-dealkylation sites (tertiary alicyclic amines) is 1. The normalized spacial score (nSPS) is 17.9. The summed E-state index contributed by atoms with van der Waals surface area (Å²) in [5.41, 5.74) is 1.67. The molecule has 2 atom stereocenters. The van der Waals surface area contributed by atoms with Gasteiger partial charge in [-0.15, -0.1) is 0 Å². The van der Waals surface area contributed by atoms with Gasteiger partial charge in [-0.1, -0.05) is 39.8 Å². The Hall–Kier alpha value is -2.37. The van der Waals surface area contributed by atoms with Gasteiger partial charge in [0.05, 0.1) is 7.11 Å². The minimum absolute atomic E-state index is 0.102. The maximum atomic E-state index is 13.0. The summed E-state index contributed by atoms with van der Waals surface area (Å²) in [4.78, 5) is 39.2. The zero-order valence-corrected chi connectivity index (χ0v) is 16.8. The first-order valence-corrected chi connectivity index (χ1v) is 9.55. The van der Waals surface area contributed by atoms with Crippen LogP contribution >= 0.6 is 0 Å². The summed E-state index contributed by atoms with van der Waals surface area (Å²) in [7, 11) is 1.33. The highest BCUT2D eigenvalue weighted by molar-refractivity contribution is 5.98. The van der Waals surface area contributed by atoms with Crippen LogP contribution in [0.4, 0.5) is 0 Å². The maximum Gasteiger partial charge on any atom is 0.328 e. The molecular formula is C21H30N2O4.